The second kappa shape index (κ2) is 2.92. The summed E-state index contributed by atoms with van der Waals surface area (Å²) in [6, 6.07) is 0. The van der Waals surface area contributed by atoms with E-state index in [4.69, 9.17) is 10.8 Å². The van der Waals surface area contributed by atoms with Gasteiger partial charge in [-0.25, -0.2) is 0 Å². The number of nitrogens with two attached hydrogens (primary N) is 1. The molecule has 0 amide bonds. The number of aliphatic hydroxyl groups is 1. The van der Waals surface area contributed by atoms with Crippen molar-refractivity contribution in [3.05, 3.63) is 0 Å². The molecule has 2 nitrogen and oxygen atoms in total. The summed E-state index contributed by atoms with van der Waals surface area (Å²) in [6.07, 6.45) is 4.99. The topological polar surface area (TPSA) is 46.2 Å². The molecule has 2 aliphatic rings. The lowest BCUT2D eigenvalue weighted by atomic mass is 9.61. The molecule has 0 aliphatic heterocycles. The Labute approximate surface area is 73.6 Å². The fraction of sp³-hybridized carbons (Fsp3) is 1.00. The van der Waals surface area contributed by atoms with Crippen molar-refractivity contribution in [2.75, 3.05) is 6.61 Å². The third-order valence-corrected chi connectivity index (χ3v) is 3.33. The minimum Gasteiger partial charge on any atom is -0.394 e. The maximum atomic E-state index is 8.97. The number of aliphatic hydroxyl groups excluding tert-OH is 1. The summed E-state index contributed by atoms with van der Waals surface area (Å²) < 4.78 is 0. The first-order valence-electron chi connectivity index (χ1n) is 4.16. The number of hydrogen-bond donors (Lipinski definition) is 2. The number of fused-ring (bicyclic) bond motifs is 1. The average molecular weight is 178 g/mol. The normalized spacial score (nSPS) is 47.5. The predicted molar refractivity (Wildman–Crippen MR) is 46.7 cm³/mol. The van der Waals surface area contributed by atoms with Gasteiger partial charge in [0.2, 0.25) is 0 Å². The van der Waals surface area contributed by atoms with E-state index in [2.05, 4.69) is 0 Å². The standard InChI is InChI=1S/C8H15NO.ClH/c9-8(5-10)4-6-2-1-3-7(6)8;/h6-7,10H,1-5,9H2;1H. The third-order valence-electron chi connectivity index (χ3n) is 3.33. The highest BCUT2D eigenvalue weighted by Crippen LogP contribution is 2.51. The van der Waals surface area contributed by atoms with Crippen LogP contribution in [0.5, 0.6) is 0 Å². The maximum Gasteiger partial charge on any atom is 0.0614 e. The van der Waals surface area contributed by atoms with E-state index in [1.165, 1.54) is 19.3 Å². The van der Waals surface area contributed by atoms with Crippen molar-refractivity contribution in [2.45, 2.75) is 31.2 Å². The van der Waals surface area contributed by atoms with E-state index in [9.17, 15) is 0 Å². The van der Waals surface area contributed by atoms with Crippen molar-refractivity contribution in [1.29, 1.82) is 0 Å². The summed E-state index contributed by atoms with van der Waals surface area (Å²) in [5, 5.41) is 8.97. The molecule has 0 aromatic heterocycles. The molecular weight excluding hydrogens is 162 g/mol. The molecular formula is C8H16ClNO. The van der Waals surface area contributed by atoms with Crippen molar-refractivity contribution >= 4 is 12.4 Å². The zero-order valence-corrected chi connectivity index (χ0v) is 7.44. The van der Waals surface area contributed by atoms with Crippen molar-refractivity contribution in [2.24, 2.45) is 17.6 Å². The Morgan fingerprint density at radius 3 is 2.73 bits per heavy atom. The van der Waals surface area contributed by atoms with E-state index in [1.54, 1.807) is 0 Å². The smallest absolute Gasteiger partial charge is 0.0614 e. The molecule has 0 spiro atoms. The Bertz CT molecular complexity index is 153. The summed E-state index contributed by atoms with van der Waals surface area (Å²) in [5.74, 6) is 1.51. The van der Waals surface area contributed by atoms with E-state index in [0.717, 1.165) is 12.3 Å². The van der Waals surface area contributed by atoms with Crippen LogP contribution in [0.2, 0.25) is 0 Å². The van der Waals surface area contributed by atoms with Crippen LogP contribution in [-0.2, 0) is 0 Å². The lowest BCUT2D eigenvalue weighted by molar-refractivity contribution is 0.0130. The highest BCUT2D eigenvalue weighted by molar-refractivity contribution is 5.85. The van der Waals surface area contributed by atoms with Crippen molar-refractivity contribution in [3.8, 4) is 0 Å². The van der Waals surface area contributed by atoms with Gasteiger partial charge in [0.05, 0.1) is 6.61 Å². The molecule has 66 valence electrons. The van der Waals surface area contributed by atoms with Gasteiger partial charge < -0.3 is 10.8 Å². The SMILES string of the molecule is Cl.NC1(CO)CC2CCCC21. The Morgan fingerprint density at radius 2 is 2.18 bits per heavy atom. The van der Waals surface area contributed by atoms with Crippen LogP contribution >= 0.6 is 12.4 Å². The largest absolute Gasteiger partial charge is 0.394 e. The van der Waals surface area contributed by atoms with Gasteiger partial charge in [0.25, 0.3) is 0 Å². The first-order chi connectivity index (χ1) is 4.76. The summed E-state index contributed by atoms with van der Waals surface area (Å²) in [5.41, 5.74) is 5.76. The molecule has 3 heteroatoms. The molecule has 11 heavy (non-hydrogen) atoms. The highest BCUT2D eigenvalue weighted by Gasteiger charge is 2.52. The molecule has 0 radical (unpaired) electrons. The monoisotopic (exact) mass is 177 g/mol. The fourth-order valence-electron chi connectivity index (χ4n) is 2.70. The molecule has 3 unspecified atom stereocenters. The predicted octanol–water partition coefficient (Wildman–Crippen LogP) is 0.918. The number of rotatable bonds is 1. The Kier molecular flexibility index (Phi) is 2.47. The third kappa shape index (κ3) is 1.17. The van der Waals surface area contributed by atoms with E-state index in [0.29, 0.717) is 5.92 Å². The van der Waals surface area contributed by atoms with Crippen LogP contribution in [0.3, 0.4) is 0 Å². The van der Waals surface area contributed by atoms with Crippen LogP contribution in [0.4, 0.5) is 0 Å². The number of hydrogen-bond acceptors (Lipinski definition) is 2. The second-order valence-electron chi connectivity index (χ2n) is 3.89. The van der Waals surface area contributed by atoms with E-state index in [-0.39, 0.29) is 24.6 Å². The molecule has 3 N–H and O–H groups in total. The zero-order chi connectivity index (χ0) is 7.19. The van der Waals surface area contributed by atoms with E-state index >= 15 is 0 Å². The van der Waals surface area contributed by atoms with Gasteiger partial charge in [0.15, 0.2) is 0 Å². The molecule has 0 aromatic carbocycles. The fourth-order valence-corrected chi connectivity index (χ4v) is 2.70. The van der Waals surface area contributed by atoms with E-state index < -0.39 is 0 Å². The van der Waals surface area contributed by atoms with Gasteiger partial charge in [-0.3, -0.25) is 0 Å². The lowest BCUT2D eigenvalue weighted by Crippen LogP contribution is -2.61. The Hall–Kier alpha value is 0.210. The Morgan fingerprint density at radius 1 is 1.45 bits per heavy atom. The van der Waals surface area contributed by atoms with Gasteiger partial charge >= 0.3 is 0 Å². The molecule has 2 aliphatic carbocycles. The molecule has 3 atom stereocenters. The summed E-state index contributed by atoms with van der Waals surface area (Å²) in [7, 11) is 0. The molecule has 2 saturated carbocycles. The van der Waals surface area contributed by atoms with Crippen molar-refractivity contribution in [1.82, 2.24) is 0 Å². The quantitative estimate of drug-likeness (QED) is 0.626. The van der Waals surface area contributed by atoms with Crippen molar-refractivity contribution in [3.63, 3.8) is 0 Å². The molecule has 2 fully saturated rings. The first-order valence-corrected chi connectivity index (χ1v) is 4.16. The van der Waals surface area contributed by atoms with Gasteiger partial charge in [-0.2, -0.15) is 0 Å². The molecule has 0 bridgehead atoms. The van der Waals surface area contributed by atoms with Crippen LogP contribution in [0, 0.1) is 11.8 Å². The molecule has 0 saturated heterocycles. The molecule has 0 aromatic rings. The minimum absolute atomic E-state index is 0. The van der Waals surface area contributed by atoms with Gasteiger partial charge in [-0.05, 0) is 24.7 Å². The summed E-state index contributed by atoms with van der Waals surface area (Å²) in [4.78, 5) is 0. The van der Waals surface area contributed by atoms with Gasteiger partial charge in [0.1, 0.15) is 0 Å². The second-order valence-corrected chi connectivity index (χ2v) is 3.89. The number of halogens is 1. The van der Waals surface area contributed by atoms with Crippen LogP contribution in [0.25, 0.3) is 0 Å². The first kappa shape index (κ1) is 9.30. The minimum atomic E-state index is -0.179. The van der Waals surface area contributed by atoms with Crippen LogP contribution in [0.1, 0.15) is 25.7 Å². The summed E-state index contributed by atoms with van der Waals surface area (Å²) in [6.45, 7) is 0.189. The van der Waals surface area contributed by atoms with Gasteiger partial charge in [-0.15, -0.1) is 12.4 Å². The van der Waals surface area contributed by atoms with Gasteiger partial charge in [-0.1, -0.05) is 12.8 Å². The maximum absolute atomic E-state index is 8.97. The molecule has 2 rings (SSSR count). The van der Waals surface area contributed by atoms with Crippen LogP contribution in [-0.4, -0.2) is 17.3 Å². The lowest BCUT2D eigenvalue weighted by Gasteiger charge is -2.49. The van der Waals surface area contributed by atoms with E-state index in [1.807, 2.05) is 0 Å². The highest BCUT2D eigenvalue weighted by atomic mass is 35.5. The molecule has 0 heterocycles. The Balaban J connectivity index is 0.000000605. The van der Waals surface area contributed by atoms with Crippen LogP contribution < -0.4 is 5.73 Å². The van der Waals surface area contributed by atoms with Crippen LogP contribution in [0.15, 0.2) is 0 Å². The van der Waals surface area contributed by atoms with Crippen molar-refractivity contribution < 1.29 is 5.11 Å². The zero-order valence-electron chi connectivity index (χ0n) is 6.62. The van der Waals surface area contributed by atoms with Gasteiger partial charge in [0, 0.05) is 5.54 Å². The average Bonchev–Trinajstić information content (AvgIpc) is 2.30. The summed E-state index contributed by atoms with van der Waals surface area (Å²) >= 11 is 0.